The van der Waals surface area contributed by atoms with Crippen LogP contribution in [0.1, 0.15) is 33.1 Å². The Kier molecular flexibility index (Phi) is 3.36. The van der Waals surface area contributed by atoms with E-state index in [1.165, 1.54) is 19.3 Å². The lowest BCUT2D eigenvalue weighted by atomic mass is 9.68. The van der Waals surface area contributed by atoms with E-state index >= 15 is 0 Å². The molecule has 1 unspecified atom stereocenters. The zero-order chi connectivity index (χ0) is 10.1. The summed E-state index contributed by atoms with van der Waals surface area (Å²) in [4.78, 5) is 2.36. The van der Waals surface area contributed by atoms with Gasteiger partial charge in [-0.2, -0.15) is 0 Å². The molecule has 0 saturated heterocycles. The minimum Gasteiger partial charge on any atom is -0.330 e. The van der Waals surface area contributed by atoms with Crippen LogP contribution < -0.4 is 5.73 Å². The summed E-state index contributed by atoms with van der Waals surface area (Å²) in [5.41, 5.74) is 6.09. The smallest absolute Gasteiger partial charge is 0.0181 e. The van der Waals surface area contributed by atoms with Crippen LogP contribution in [-0.2, 0) is 0 Å². The molecule has 2 nitrogen and oxygen atoms in total. The Hall–Kier alpha value is -0.0800. The first-order valence-corrected chi connectivity index (χ1v) is 5.35. The largest absolute Gasteiger partial charge is 0.330 e. The zero-order valence-electron chi connectivity index (χ0n) is 9.51. The second-order valence-corrected chi connectivity index (χ2v) is 5.29. The highest BCUT2D eigenvalue weighted by Gasteiger charge is 2.38. The van der Waals surface area contributed by atoms with Crippen molar-refractivity contribution >= 4 is 0 Å². The van der Waals surface area contributed by atoms with Crippen LogP contribution in [0.3, 0.4) is 0 Å². The second kappa shape index (κ2) is 3.97. The van der Waals surface area contributed by atoms with Crippen LogP contribution in [0.5, 0.6) is 0 Å². The van der Waals surface area contributed by atoms with Crippen LogP contribution in [0.25, 0.3) is 0 Å². The van der Waals surface area contributed by atoms with Crippen LogP contribution >= 0.6 is 0 Å². The molecule has 0 amide bonds. The molecule has 1 aliphatic rings. The quantitative estimate of drug-likeness (QED) is 0.720. The highest BCUT2D eigenvalue weighted by molar-refractivity contribution is 4.93. The number of hydrogen-bond donors (Lipinski definition) is 1. The molecule has 1 atom stereocenters. The van der Waals surface area contributed by atoms with Gasteiger partial charge in [-0.3, -0.25) is 0 Å². The van der Waals surface area contributed by atoms with Gasteiger partial charge in [-0.15, -0.1) is 0 Å². The third-order valence-corrected chi connectivity index (χ3v) is 3.48. The molecule has 1 aliphatic carbocycles. The number of rotatable bonds is 4. The normalized spacial score (nSPS) is 21.7. The minimum atomic E-state index is 0.259. The first kappa shape index (κ1) is 11.0. The molecule has 0 aliphatic heterocycles. The van der Waals surface area contributed by atoms with E-state index in [4.69, 9.17) is 5.73 Å². The van der Waals surface area contributed by atoms with E-state index in [0.29, 0.717) is 6.04 Å². The second-order valence-electron chi connectivity index (χ2n) is 5.29. The fourth-order valence-electron chi connectivity index (χ4n) is 2.63. The highest BCUT2D eigenvalue weighted by Crippen LogP contribution is 2.39. The number of nitrogens with two attached hydrogens (primary N) is 1. The lowest BCUT2D eigenvalue weighted by Gasteiger charge is -2.46. The van der Waals surface area contributed by atoms with Gasteiger partial charge >= 0.3 is 0 Å². The van der Waals surface area contributed by atoms with Crippen molar-refractivity contribution < 1.29 is 0 Å². The van der Waals surface area contributed by atoms with E-state index in [9.17, 15) is 0 Å². The third kappa shape index (κ3) is 2.23. The average molecular weight is 184 g/mol. The van der Waals surface area contributed by atoms with Crippen LogP contribution in [0.2, 0.25) is 0 Å². The summed E-state index contributed by atoms with van der Waals surface area (Å²) in [7, 11) is 4.36. The average Bonchev–Trinajstić information content (AvgIpc) is 1.95. The summed E-state index contributed by atoms with van der Waals surface area (Å²) in [6, 6.07) is 0.659. The van der Waals surface area contributed by atoms with Crippen LogP contribution in [0.4, 0.5) is 0 Å². The Balaban J connectivity index is 2.66. The fraction of sp³-hybridized carbons (Fsp3) is 1.00. The van der Waals surface area contributed by atoms with Crippen molar-refractivity contribution in [3.05, 3.63) is 0 Å². The van der Waals surface area contributed by atoms with Crippen LogP contribution in [0.15, 0.2) is 0 Å². The highest BCUT2D eigenvalue weighted by atomic mass is 15.1. The maximum atomic E-state index is 5.83. The molecule has 0 aromatic rings. The van der Waals surface area contributed by atoms with Crippen molar-refractivity contribution in [1.82, 2.24) is 4.90 Å². The molecule has 0 heterocycles. The first-order valence-electron chi connectivity index (χ1n) is 5.35. The number of nitrogens with zero attached hydrogens (tertiary/aromatic N) is 1. The maximum Gasteiger partial charge on any atom is 0.0181 e. The molecule has 1 saturated carbocycles. The fourth-order valence-corrected chi connectivity index (χ4v) is 2.63. The molecule has 1 rings (SSSR count). The van der Waals surface area contributed by atoms with Gasteiger partial charge in [-0.1, -0.05) is 20.3 Å². The summed E-state index contributed by atoms with van der Waals surface area (Å²) < 4.78 is 0. The predicted molar refractivity (Wildman–Crippen MR) is 57.7 cm³/mol. The van der Waals surface area contributed by atoms with E-state index in [0.717, 1.165) is 12.5 Å². The summed E-state index contributed by atoms with van der Waals surface area (Å²) in [5.74, 6) is 0.883. The van der Waals surface area contributed by atoms with E-state index in [2.05, 4.69) is 32.8 Å². The maximum absolute atomic E-state index is 5.83. The van der Waals surface area contributed by atoms with Gasteiger partial charge in [0, 0.05) is 6.04 Å². The van der Waals surface area contributed by atoms with Crippen LogP contribution in [-0.4, -0.2) is 31.6 Å². The van der Waals surface area contributed by atoms with Crippen molar-refractivity contribution in [2.24, 2.45) is 17.1 Å². The predicted octanol–water partition coefficient (Wildman–Crippen LogP) is 1.70. The van der Waals surface area contributed by atoms with Gasteiger partial charge in [-0.25, -0.2) is 0 Å². The standard InChI is InChI=1S/C11H24N2/c1-11(2,8-12)10(13(3)4)9-6-5-7-9/h9-10H,5-8,12H2,1-4H3. The molecule has 2 heteroatoms. The molecule has 0 radical (unpaired) electrons. The minimum absolute atomic E-state index is 0.259. The van der Waals surface area contributed by atoms with Gasteiger partial charge in [0.05, 0.1) is 0 Å². The lowest BCUT2D eigenvalue weighted by Crippen LogP contribution is -2.51. The van der Waals surface area contributed by atoms with Crippen molar-refractivity contribution in [1.29, 1.82) is 0 Å². The van der Waals surface area contributed by atoms with E-state index in [1.807, 2.05) is 0 Å². The molecular weight excluding hydrogens is 160 g/mol. The Morgan fingerprint density at radius 2 is 1.92 bits per heavy atom. The van der Waals surface area contributed by atoms with Crippen molar-refractivity contribution in [2.75, 3.05) is 20.6 Å². The van der Waals surface area contributed by atoms with Gasteiger partial charge in [0.25, 0.3) is 0 Å². The monoisotopic (exact) mass is 184 g/mol. The first-order chi connectivity index (χ1) is 5.99. The van der Waals surface area contributed by atoms with Crippen molar-refractivity contribution in [2.45, 2.75) is 39.2 Å². The SMILES string of the molecule is CN(C)C(C1CCC1)C(C)(C)CN. The summed E-state index contributed by atoms with van der Waals surface area (Å²) in [6.07, 6.45) is 4.20. The Morgan fingerprint density at radius 3 is 2.15 bits per heavy atom. The van der Waals surface area contributed by atoms with Gasteiger partial charge in [0.1, 0.15) is 0 Å². The molecule has 2 N–H and O–H groups in total. The van der Waals surface area contributed by atoms with Gasteiger partial charge in [0.15, 0.2) is 0 Å². The molecule has 0 aromatic heterocycles. The zero-order valence-corrected chi connectivity index (χ0v) is 9.51. The number of hydrogen-bond acceptors (Lipinski definition) is 2. The van der Waals surface area contributed by atoms with Gasteiger partial charge < -0.3 is 10.6 Å². The molecule has 78 valence electrons. The Morgan fingerprint density at radius 1 is 1.38 bits per heavy atom. The van der Waals surface area contributed by atoms with Crippen molar-refractivity contribution in [3.63, 3.8) is 0 Å². The van der Waals surface area contributed by atoms with Crippen LogP contribution in [0, 0.1) is 11.3 Å². The summed E-state index contributed by atoms with van der Waals surface area (Å²) >= 11 is 0. The van der Waals surface area contributed by atoms with E-state index < -0.39 is 0 Å². The summed E-state index contributed by atoms with van der Waals surface area (Å²) in [6.45, 7) is 5.36. The molecule has 13 heavy (non-hydrogen) atoms. The van der Waals surface area contributed by atoms with Gasteiger partial charge in [0.2, 0.25) is 0 Å². The Labute approximate surface area is 82.5 Å². The third-order valence-electron chi connectivity index (χ3n) is 3.48. The Bertz CT molecular complexity index is 159. The van der Waals surface area contributed by atoms with E-state index in [1.54, 1.807) is 0 Å². The molecule has 1 fully saturated rings. The lowest BCUT2D eigenvalue weighted by molar-refractivity contribution is 0.0467. The molecular formula is C11H24N2. The molecule has 0 aromatic carbocycles. The summed E-state index contributed by atoms with van der Waals surface area (Å²) in [5, 5.41) is 0. The van der Waals surface area contributed by atoms with Gasteiger partial charge in [-0.05, 0) is 44.8 Å². The topological polar surface area (TPSA) is 29.3 Å². The molecule has 0 bridgehead atoms. The van der Waals surface area contributed by atoms with Crippen molar-refractivity contribution in [3.8, 4) is 0 Å². The van der Waals surface area contributed by atoms with E-state index in [-0.39, 0.29) is 5.41 Å². The molecule has 0 spiro atoms.